The zero-order valence-corrected chi connectivity index (χ0v) is 18.9. The molecule has 0 saturated heterocycles. The highest BCUT2D eigenvalue weighted by atomic mass is 16.5. The summed E-state index contributed by atoms with van der Waals surface area (Å²) in [6, 6.07) is 3.88. The van der Waals surface area contributed by atoms with E-state index in [4.69, 9.17) is 9.72 Å². The monoisotopic (exact) mass is 417 g/mol. The second-order valence-corrected chi connectivity index (χ2v) is 10.2. The van der Waals surface area contributed by atoms with E-state index in [2.05, 4.69) is 43.5 Å². The average molecular weight is 418 g/mol. The van der Waals surface area contributed by atoms with Gasteiger partial charge in [0.2, 0.25) is 0 Å². The molecule has 1 aromatic heterocycles. The maximum Gasteiger partial charge on any atom is 0.320 e. The summed E-state index contributed by atoms with van der Waals surface area (Å²) < 4.78 is 5.93. The normalized spacial score (nSPS) is 22.0. The van der Waals surface area contributed by atoms with Gasteiger partial charge in [-0.1, -0.05) is 26.8 Å². The molecule has 1 aliphatic heterocycles. The number of aliphatic carboxylic acids is 1. The quantitative estimate of drug-likeness (QED) is 0.504. The number of pyridine rings is 1. The van der Waals surface area contributed by atoms with Crippen LogP contribution in [0, 0.1) is 11.3 Å². The Hall–Kier alpha value is -1.66. The lowest BCUT2D eigenvalue weighted by Crippen LogP contribution is -2.40. The lowest BCUT2D eigenvalue weighted by Gasteiger charge is -2.35. The van der Waals surface area contributed by atoms with Crippen LogP contribution in [0.1, 0.15) is 70.6 Å². The summed E-state index contributed by atoms with van der Waals surface area (Å²) in [5.41, 5.74) is 2.73. The summed E-state index contributed by atoms with van der Waals surface area (Å²) in [4.78, 5) is 16.2. The van der Waals surface area contributed by atoms with Crippen LogP contribution in [0.4, 0.5) is 5.82 Å². The third-order valence-electron chi connectivity index (χ3n) is 6.28. The predicted octanol–water partition coefficient (Wildman–Crippen LogP) is 4.04. The number of fused-ring (bicyclic) bond motifs is 1. The lowest BCUT2D eigenvalue weighted by molar-refractivity contribution is -0.140. The van der Waals surface area contributed by atoms with Gasteiger partial charge in [-0.25, -0.2) is 4.98 Å². The molecule has 1 unspecified atom stereocenters. The van der Waals surface area contributed by atoms with Crippen molar-refractivity contribution in [3.05, 3.63) is 23.4 Å². The van der Waals surface area contributed by atoms with Crippen molar-refractivity contribution in [3.63, 3.8) is 0 Å². The molecule has 1 aromatic rings. The van der Waals surface area contributed by atoms with Crippen LogP contribution in [0.5, 0.6) is 0 Å². The van der Waals surface area contributed by atoms with Gasteiger partial charge in [0.25, 0.3) is 0 Å². The second-order valence-electron chi connectivity index (χ2n) is 10.2. The van der Waals surface area contributed by atoms with E-state index in [1.54, 1.807) is 0 Å². The number of hydrogen-bond acceptors (Lipinski definition) is 5. The van der Waals surface area contributed by atoms with E-state index in [1.807, 2.05) is 0 Å². The molecule has 3 N–H and O–H groups in total. The molecule has 2 aliphatic rings. The fraction of sp³-hybridized carbons (Fsp3) is 0.750. The van der Waals surface area contributed by atoms with Gasteiger partial charge in [0, 0.05) is 18.8 Å². The number of anilines is 1. The Kier molecular flexibility index (Phi) is 8.12. The van der Waals surface area contributed by atoms with Crippen LogP contribution in [0.2, 0.25) is 0 Å². The fourth-order valence-corrected chi connectivity index (χ4v) is 4.19. The van der Waals surface area contributed by atoms with Crippen LogP contribution in [0.3, 0.4) is 0 Å². The van der Waals surface area contributed by atoms with E-state index in [0.29, 0.717) is 18.9 Å². The van der Waals surface area contributed by atoms with E-state index < -0.39 is 12.0 Å². The van der Waals surface area contributed by atoms with Gasteiger partial charge >= 0.3 is 5.97 Å². The summed E-state index contributed by atoms with van der Waals surface area (Å²) >= 11 is 0. The largest absolute Gasteiger partial charge is 0.480 e. The van der Waals surface area contributed by atoms with E-state index in [0.717, 1.165) is 57.4 Å². The zero-order chi connectivity index (χ0) is 21.6. The number of nitrogens with zero attached hydrogens (tertiary/aromatic N) is 1. The van der Waals surface area contributed by atoms with Gasteiger partial charge in [-0.3, -0.25) is 4.79 Å². The smallest absolute Gasteiger partial charge is 0.320 e. The van der Waals surface area contributed by atoms with Crippen LogP contribution in [-0.4, -0.2) is 47.9 Å². The number of nitrogens with one attached hydrogen (secondary N) is 2. The number of carboxylic acid groups (broad SMARTS) is 1. The number of carboxylic acids is 1. The standard InChI is InChI=1S/C24H39N3O3/c1-24(2,3)11-13-25-21(23(28)29)10-14-30-20-15-17(16-20)6-8-19-9-7-18-5-4-12-26-22(18)27-19/h7,9,17,20-21,25H,4-6,8,10-16H2,1-3H3,(H,26,27)(H,28,29). The molecule has 1 aliphatic carbocycles. The van der Waals surface area contributed by atoms with Crippen LogP contribution < -0.4 is 10.6 Å². The number of ether oxygens (including phenoxy) is 1. The van der Waals surface area contributed by atoms with E-state index >= 15 is 0 Å². The highest BCUT2D eigenvalue weighted by molar-refractivity contribution is 5.73. The van der Waals surface area contributed by atoms with Gasteiger partial charge in [0.1, 0.15) is 11.9 Å². The van der Waals surface area contributed by atoms with Crippen LogP contribution >= 0.6 is 0 Å². The molecule has 1 atom stereocenters. The van der Waals surface area contributed by atoms with Gasteiger partial charge in [0.15, 0.2) is 0 Å². The topological polar surface area (TPSA) is 83.5 Å². The molecule has 2 heterocycles. The maximum atomic E-state index is 11.4. The highest BCUT2D eigenvalue weighted by Crippen LogP contribution is 2.34. The van der Waals surface area contributed by atoms with Gasteiger partial charge in [0.05, 0.1) is 6.10 Å². The van der Waals surface area contributed by atoms with Crippen molar-refractivity contribution < 1.29 is 14.6 Å². The molecule has 0 spiro atoms. The van der Waals surface area contributed by atoms with E-state index in [1.165, 1.54) is 17.7 Å². The lowest BCUT2D eigenvalue weighted by atomic mass is 9.79. The molecular weight excluding hydrogens is 378 g/mol. The predicted molar refractivity (Wildman–Crippen MR) is 120 cm³/mol. The van der Waals surface area contributed by atoms with Crippen molar-refractivity contribution in [2.45, 2.75) is 84.3 Å². The van der Waals surface area contributed by atoms with Crippen molar-refractivity contribution in [1.29, 1.82) is 0 Å². The van der Waals surface area contributed by atoms with Crippen LogP contribution in [0.25, 0.3) is 0 Å². The van der Waals surface area contributed by atoms with Gasteiger partial charge in [-0.05, 0) is 80.9 Å². The average Bonchev–Trinajstić information content (AvgIpc) is 2.66. The first-order valence-electron chi connectivity index (χ1n) is 11.6. The molecule has 168 valence electrons. The molecule has 3 rings (SSSR count). The first-order chi connectivity index (χ1) is 14.3. The number of aromatic nitrogens is 1. The molecule has 30 heavy (non-hydrogen) atoms. The molecule has 0 radical (unpaired) electrons. The van der Waals surface area contributed by atoms with E-state index in [-0.39, 0.29) is 11.5 Å². The van der Waals surface area contributed by atoms with Crippen LogP contribution in [0.15, 0.2) is 12.1 Å². The van der Waals surface area contributed by atoms with Crippen molar-refractivity contribution >= 4 is 11.8 Å². The minimum absolute atomic E-state index is 0.207. The minimum Gasteiger partial charge on any atom is -0.480 e. The second kappa shape index (κ2) is 10.6. The molecule has 1 fully saturated rings. The van der Waals surface area contributed by atoms with Gasteiger partial charge in [-0.15, -0.1) is 0 Å². The molecule has 1 saturated carbocycles. The Bertz CT molecular complexity index is 695. The van der Waals surface area contributed by atoms with Crippen LogP contribution in [-0.2, 0) is 22.4 Å². The van der Waals surface area contributed by atoms with E-state index in [9.17, 15) is 9.90 Å². The first-order valence-corrected chi connectivity index (χ1v) is 11.6. The molecule has 0 aromatic carbocycles. The highest BCUT2D eigenvalue weighted by Gasteiger charge is 2.30. The Morgan fingerprint density at radius 2 is 2.17 bits per heavy atom. The Morgan fingerprint density at radius 1 is 1.37 bits per heavy atom. The number of aryl methyl sites for hydroxylation is 2. The molecular formula is C24H39N3O3. The zero-order valence-electron chi connectivity index (χ0n) is 18.9. The Morgan fingerprint density at radius 3 is 2.90 bits per heavy atom. The fourth-order valence-electron chi connectivity index (χ4n) is 4.19. The maximum absolute atomic E-state index is 11.4. The van der Waals surface area contributed by atoms with Gasteiger partial charge in [-0.2, -0.15) is 0 Å². The minimum atomic E-state index is -0.786. The number of hydrogen-bond donors (Lipinski definition) is 3. The number of rotatable bonds is 11. The molecule has 6 heteroatoms. The summed E-state index contributed by atoms with van der Waals surface area (Å²) in [5.74, 6) is 0.990. The molecule has 6 nitrogen and oxygen atoms in total. The summed E-state index contributed by atoms with van der Waals surface area (Å²) in [6.07, 6.45) is 8.42. The van der Waals surface area contributed by atoms with Crippen molar-refractivity contribution in [3.8, 4) is 0 Å². The summed E-state index contributed by atoms with van der Waals surface area (Å²) in [5, 5.41) is 16.0. The first kappa shape index (κ1) is 23.0. The van der Waals surface area contributed by atoms with Crippen molar-refractivity contribution in [2.75, 3.05) is 25.0 Å². The third kappa shape index (κ3) is 7.24. The Balaban J connectivity index is 1.29. The van der Waals surface area contributed by atoms with Crippen molar-refractivity contribution in [2.24, 2.45) is 11.3 Å². The molecule has 0 bridgehead atoms. The SMILES string of the molecule is CC(C)(C)CCNC(CCOC1CC(CCc2ccc3c(n2)NCCC3)C1)C(=O)O. The third-order valence-corrected chi connectivity index (χ3v) is 6.28. The molecule has 0 amide bonds. The van der Waals surface area contributed by atoms with Gasteiger partial charge < -0.3 is 20.5 Å². The Labute approximate surface area is 181 Å². The summed E-state index contributed by atoms with van der Waals surface area (Å²) in [6.45, 7) is 8.75. The number of carbonyl (C=O) groups is 1. The van der Waals surface area contributed by atoms with Crippen molar-refractivity contribution in [1.82, 2.24) is 10.3 Å². The summed E-state index contributed by atoms with van der Waals surface area (Å²) in [7, 11) is 0.